The van der Waals surface area contributed by atoms with E-state index in [0.29, 0.717) is 0 Å². The molecule has 0 radical (unpaired) electrons. The number of nitrogens with zero attached hydrogens (tertiary/aromatic N) is 7. The summed E-state index contributed by atoms with van der Waals surface area (Å²) < 4.78 is 21.0. The fourth-order valence-corrected chi connectivity index (χ4v) is 14.1. The van der Waals surface area contributed by atoms with Crippen LogP contribution in [0.5, 0.6) is 0 Å². The molecule has 0 atom stereocenters. The molecule has 1 fully saturated rings. The van der Waals surface area contributed by atoms with E-state index >= 15 is 0 Å². The highest BCUT2D eigenvalue weighted by Crippen LogP contribution is 2.76. The molecule has 0 aromatic heterocycles. The summed E-state index contributed by atoms with van der Waals surface area (Å²) in [6.45, 7) is 9.12. The third-order valence-electron chi connectivity index (χ3n) is 5.65. The second-order valence-electron chi connectivity index (χ2n) is 8.48. The van der Waals surface area contributed by atoms with Crippen molar-refractivity contribution < 1.29 is 0 Å². The van der Waals surface area contributed by atoms with Gasteiger partial charge in [0, 0.05) is 40.3 Å². The Labute approximate surface area is 176 Å². The first kappa shape index (κ1) is 26.5. The van der Waals surface area contributed by atoms with Crippen LogP contribution in [0.3, 0.4) is 0 Å². The summed E-state index contributed by atoms with van der Waals surface area (Å²) >= 11 is 0. The Bertz CT molecular complexity index is 464. The van der Waals surface area contributed by atoms with E-state index in [9.17, 15) is 0 Å². The molecule has 0 spiro atoms. The SMILES string of the molecule is CCCCN(CCCC)[P+]1(N=P(N(C)C)(N(C)C)N(C)C)N(C)CCCN1C. The van der Waals surface area contributed by atoms with Gasteiger partial charge in [0.25, 0.3) is 0 Å². The highest BCUT2D eigenvalue weighted by molar-refractivity contribution is 7.75. The Morgan fingerprint density at radius 1 is 0.786 bits per heavy atom. The fourth-order valence-electron chi connectivity index (χ4n) is 4.22. The lowest BCUT2D eigenvalue weighted by Crippen LogP contribution is -2.47. The zero-order chi connectivity index (χ0) is 21.5. The predicted molar refractivity (Wildman–Crippen MR) is 129 cm³/mol. The first-order chi connectivity index (χ1) is 13.1. The summed E-state index contributed by atoms with van der Waals surface area (Å²) in [5.41, 5.74) is 0. The number of hydrogen-bond acceptors (Lipinski definition) is 4. The lowest BCUT2D eigenvalue weighted by atomic mass is 10.3. The van der Waals surface area contributed by atoms with E-state index < -0.39 is 15.4 Å². The van der Waals surface area contributed by atoms with Crippen LogP contribution in [-0.4, -0.2) is 111 Å². The van der Waals surface area contributed by atoms with Crippen LogP contribution >= 0.6 is 15.4 Å². The van der Waals surface area contributed by atoms with Crippen LogP contribution in [0.4, 0.5) is 0 Å². The summed E-state index contributed by atoms with van der Waals surface area (Å²) in [4.78, 5) is 0. The van der Waals surface area contributed by atoms with Crippen molar-refractivity contribution >= 4 is 15.4 Å². The molecular weight excluding hydrogens is 388 g/mol. The summed E-state index contributed by atoms with van der Waals surface area (Å²) in [6.07, 6.45) is 6.15. The molecule has 7 nitrogen and oxygen atoms in total. The Hall–Kier alpha value is 0.420. The van der Waals surface area contributed by atoms with Gasteiger partial charge in [-0.1, -0.05) is 26.7 Å². The van der Waals surface area contributed by atoms with Crippen LogP contribution in [0.2, 0.25) is 0 Å². The Balaban J connectivity index is 3.73. The maximum Gasteiger partial charge on any atom is 0.357 e. The number of unbranched alkanes of at least 4 members (excludes halogenated alkanes) is 2. The lowest BCUT2D eigenvalue weighted by Gasteiger charge is -2.48. The van der Waals surface area contributed by atoms with Crippen molar-refractivity contribution in [1.82, 2.24) is 28.0 Å². The predicted octanol–water partition coefficient (Wildman–Crippen LogP) is 4.46. The topological polar surface area (TPSA) is 31.8 Å². The monoisotopic (exact) mass is 436 g/mol. The molecule has 1 aliphatic rings. The summed E-state index contributed by atoms with van der Waals surface area (Å²) in [6, 6.07) is 0. The first-order valence-corrected chi connectivity index (χ1v) is 14.1. The standard InChI is InChI=1S/C19H48N7P2/c1-11-13-18-26(19-14-12-2)28(24(9)16-15-17-25(28)10)20-27(21(3)4,22(5)6)23(7)8/h11-19H2,1-10H3/q+1. The van der Waals surface area contributed by atoms with Crippen LogP contribution in [0.25, 0.3) is 0 Å². The molecular formula is C19H48N7P2+. The molecule has 28 heavy (non-hydrogen) atoms. The molecule has 9 heteroatoms. The zero-order valence-electron chi connectivity index (χ0n) is 20.4. The van der Waals surface area contributed by atoms with E-state index in [1.54, 1.807) is 0 Å². The normalized spacial score (nSPS) is 19.4. The lowest BCUT2D eigenvalue weighted by molar-refractivity contribution is 0.291. The minimum absolute atomic E-state index is 1.13. The molecule has 1 saturated heterocycles. The van der Waals surface area contributed by atoms with Gasteiger partial charge >= 0.3 is 7.87 Å². The first-order valence-electron chi connectivity index (χ1n) is 10.9. The van der Waals surface area contributed by atoms with E-state index in [0.717, 1.165) is 26.2 Å². The van der Waals surface area contributed by atoms with E-state index in [-0.39, 0.29) is 0 Å². The van der Waals surface area contributed by atoms with E-state index in [4.69, 9.17) is 4.52 Å². The van der Waals surface area contributed by atoms with Crippen molar-refractivity contribution in [1.29, 1.82) is 0 Å². The van der Waals surface area contributed by atoms with Crippen molar-refractivity contribution in [3.63, 3.8) is 0 Å². The Morgan fingerprint density at radius 3 is 1.50 bits per heavy atom. The highest BCUT2D eigenvalue weighted by Gasteiger charge is 2.58. The molecule has 168 valence electrons. The average Bonchev–Trinajstić information content (AvgIpc) is 2.61. The third kappa shape index (κ3) is 5.36. The van der Waals surface area contributed by atoms with Gasteiger partial charge in [0.2, 0.25) is 7.51 Å². The van der Waals surface area contributed by atoms with Crippen molar-refractivity contribution in [2.75, 3.05) is 82.6 Å². The molecule has 0 amide bonds. The molecule has 0 aromatic carbocycles. The summed E-state index contributed by atoms with van der Waals surface area (Å²) in [5.74, 6) is 0. The van der Waals surface area contributed by atoms with Crippen molar-refractivity contribution in [2.24, 2.45) is 4.52 Å². The van der Waals surface area contributed by atoms with Gasteiger partial charge in [0.1, 0.15) is 0 Å². The van der Waals surface area contributed by atoms with Crippen molar-refractivity contribution in [3.8, 4) is 0 Å². The van der Waals surface area contributed by atoms with Gasteiger partial charge in [-0.15, -0.1) is 14.0 Å². The maximum atomic E-state index is 5.94. The van der Waals surface area contributed by atoms with Gasteiger partial charge in [0.15, 0.2) is 0 Å². The van der Waals surface area contributed by atoms with E-state index in [1.165, 1.54) is 32.1 Å². The Morgan fingerprint density at radius 2 is 1.18 bits per heavy atom. The summed E-state index contributed by atoms with van der Waals surface area (Å²) in [5, 5.41) is 0. The van der Waals surface area contributed by atoms with Gasteiger partial charge in [-0.05, 0) is 66.1 Å². The van der Waals surface area contributed by atoms with Crippen molar-refractivity contribution in [2.45, 2.75) is 46.0 Å². The molecule has 1 aliphatic heterocycles. The second-order valence-corrected chi connectivity index (χ2v) is 15.7. The third-order valence-corrected chi connectivity index (χ3v) is 14.2. The van der Waals surface area contributed by atoms with Crippen LogP contribution in [-0.2, 0) is 0 Å². The van der Waals surface area contributed by atoms with E-state index in [1.807, 2.05) is 0 Å². The van der Waals surface area contributed by atoms with Crippen LogP contribution in [0.15, 0.2) is 4.52 Å². The molecule has 0 bridgehead atoms. The molecule has 0 aromatic rings. The minimum Gasteiger partial charge on any atom is -0.249 e. The van der Waals surface area contributed by atoms with Gasteiger partial charge < -0.3 is 0 Å². The van der Waals surface area contributed by atoms with Gasteiger partial charge in [0.05, 0.1) is 0 Å². The molecule has 0 N–H and O–H groups in total. The van der Waals surface area contributed by atoms with Crippen LogP contribution < -0.4 is 0 Å². The minimum atomic E-state index is -1.99. The molecule has 0 aliphatic carbocycles. The number of rotatable bonds is 11. The Kier molecular flexibility index (Phi) is 11.1. The molecule has 1 rings (SSSR count). The van der Waals surface area contributed by atoms with Gasteiger partial charge in [-0.25, -0.2) is 14.0 Å². The molecule has 0 saturated carbocycles. The largest absolute Gasteiger partial charge is 0.357 e. The number of hydrogen-bond donors (Lipinski definition) is 0. The highest BCUT2D eigenvalue weighted by atomic mass is 31.2. The average molecular weight is 437 g/mol. The quantitative estimate of drug-likeness (QED) is 0.445. The van der Waals surface area contributed by atoms with Gasteiger partial charge in [-0.2, -0.15) is 0 Å². The molecule has 0 unspecified atom stereocenters. The van der Waals surface area contributed by atoms with E-state index in [2.05, 4.69) is 98.3 Å². The molecule has 1 heterocycles. The van der Waals surface area contributed by atoms with Crippen LogP contribution in [0, 0.1) is 0 Å². The van der Waals surface area contributed by atoms with Gasteiger partial charge in [-0.3, -0.25) is 0 Å². The maximum absolute atomic E-state index is 5.94. The smallest absolute Gasteiger partial charge is 0.249 e. The summed E-state index contributed by atoms with van der Waals surface area (Å²) in [7, 11) is 13.8. The van der Waals surface area contributed by atoms with Crippen molar-refractivity contribution in [3.05, 3.63) is 0 Å². The zero-order valence-corrected chi connectivity index (χ0v) is 22.2. The fraction of sp³-hybridized carbons (Fsp3) is 1.00. The second kappa shape index (κ2) is 11.7. The van der Waals surface area contributed by atoms with Crippen LogP contribution in [0.1, 0.15) is 46.0 Å².